The molecule has 0 bridgehead atoms. The summed E-state index contributed by atoms with van der Waals surface area (Å²) >= 11 is 0. The zero-order valence-corrected chi connectivity index (χ0v) is 10.8. The molecule has 0 unspecified atom stereocenters. The van der Waals surface area contributed by atoms with Crippen molar-refractivity contribution < 1.29 is 19.4 Å². The first-order valence-corrected chi connectivity index (χ1v) is 6.32. The predicted molar refractivity (Wildman–Crippen MR) is 69.4 cm³/mol. The van der Waals surface area contributed by atoms with Gasteiger partial charge in [0.15, 0.2) is 0 Å². The molecule has 1 aliphatic rings. The molecule has 1 aromatic rings. The normalized spacial score (nSPS) is 14.4. The first kappa shape index (κ1) is 13.4. The number of hydrogen-bond acceptors (Lipinski definition) is 3. The van der Waals surface area contributed by atoms with Gasteiger partial charge < -0.3 is 15.2 Å². The lowest BCUT2D eigenvalue weighted by molar-refractivity contribution is -0.137. The second kappa shape index (κ2) is 5.73. The summed E-state index contributed by atoms with van der Waals surface area (Å²) in [4.78, 5) is 22.5. The average Bonchev–Trinajstić information content (AvgIpc) is 2.82. The van der Waals surface area contributed by atoms with Gasteiger partial charge in [-0.25, -0.2) is 0 Å². The molecule has 0 spiro atoms. The van der Waals surface area contributed by atoms with E-state index < -0.39 is 5.97 Å². The Morgan fingerprint density at radius 3 is 3.00 bits per heavy atom. The van der Waals surface area contributed by atoms with Crippen LogP contribution in [0.3, 0.4) is 0 Å². The molecule has 0 radical (unpaired) electrons. The summed E-state index contributed by atoms with van der Waals surface area (Å²) in [5.74, 6) is -0.265. The van der Waals surface area contributed by atoms with Crippen LogP contribution in [0.4, 0.5) is 0 Å². The third-order valence-corrected chi connectivity index (χ3v) is 3.09. The van der Waals surface area contributed by atoms with Crippen molar-refractivity contribution in [1.82, 2.24) is 5.32 Å². The fourth-order valence-electron chi connectivity index (χ4n) is 2.07. The van der Waals surface area contributed by atoms with E-state index in [2.05, 4.69) is 5.32 Å². The number of ether oxygens (including phenoxy) is 1. The van der Waals surface area contributed by atoms with E-state index in [1.807, 2.05) is 6.07 Å². The van der Waals surface area contributed by atoms with Gasteiger partial charge in [-0.05, 0) is 29.7 Å². The maximum absolute atomic E-state index is 11.9. The number of nitrogens with one attached hydrogen (secondary N) is 1. The topological polar surface area (TPSA) is 75.6 Å². The Morgan fingerprint density at radius 2 is 2.26 bits per heavy atom. The maximum Gasteiger partial charge on any atom is 0.303 e. The quantitative estimate of drug-likeness (QED) is 0.843. The number of fused-ring (bicyclic) bond motifs is 1. The summed E-state index contributed by atoms with van der Waals surface area (Å²) < 4.78 is 5.38. The number of amides is 1. The van der Waals surface area contributed by atoms with Crippen LogP contribution in [0.15, 0.2) is 18.2 Å². The molecule has 5 nitrogen and oxygen atoms in total. The van der Waals surface area contributed by atoms with Crippen LogP contribution in [0.25, 0.3) is 0 Å². The van der Waals surface area contributed by atoms with Crippen molar-refractivity contribution in [2.45, 2.75) is 19.8 Å². The van der Waals surface area contributed by atoms with Crippen molar-refractivity contribution in [1.29, 1.82) is 0 Å². The molecule has 2 rings (SSSR count). The summed E-state index contributed by atoms with van der Waals surface area (Å²) in [6, 6.07) is 5.36. The highest BCUT2D eigenvalue weighted by Gasteiger charge is 2.15. The lowest BCUT2D eigenvalue weighted by atomic mass is 10.1. The van der Waals surface area contributed by atoms with Gasteiger partial charge in [-0.1, -0.05) is 6.92 Å². The summed E-state index contributed by atoms with van der Waals surface area (Å²) in [5.41, 5.74) is 1.64. The van der Waals surface area contributed by atoms with Gasteiger partial charge >= 0.3 is 5.97 Å². The van der Waals surface area contributed by atoms with Crippen LogP contribution in [0.2, 0.25) is 0 Å². The van der Waals surface area contributed by atoms with E-state index in [1.54, 1.807) is 19.1 Å². The number of carbonyl (C=O) groups is 2. The van der Waals surface area contributed by atoms with Crippen LogP contribution in [0.1, 0.15) is 29.3 Å². The van der Waals surface area contributed by atoms with Gasteiger partial charge in [0.1, 0.15) is 5.75 Å². The van der Waals surface area contributed by atoms with Crippen LogP contribution in [0, 0.1) is 5.92 Å². The molecule has 0 aromatic heterocycles. The number of rotatable bonds is 5. The molecule has 102 valence electrons. The van der Waals surface area contributed by atoms with E-state index in [-0.39, 0.29) is 18.2 Å². The Bertz CT molecular complexity index is 498. The van der Waals surface area contributed by atoms with Crippen molar-refractivity contribution in [2.24, 2.45) is 5.92 Å². The number of carboxylic acids is 1. The standard InChI is InChI=1S/C14H17NO4/c1-9(6-13(16)17)8-15-14(18)11-2-3-12-10(7-11)4-5-19-12/h2-3,7,9H,4-6,8H2,1H3,(H,15,18)(H,16,17)/t9-/m0/s1. The van der Waals surface area contributed by atoms with Crippen molar-refractivity contribution in [3.05, 3.63) is 29.3 Å². The summed E-state index contributed by atoms with van der Waals surface area (Å²) in [6.07, 6.45) is 0.879. The van der Waals surface area contributed by atoms with Crippen LogP contribution >= 0.6 is 0 Å². The summed E-state index contributed by atoms with van der Waals surface area (Å²) in [6.45, 7) is 2.82. The van der Waals surface area contributed by atoms with Gasteiger partial charge in [-0.3, -0.25) is 9.59 Å². The van der Waals surface area contributed by atoms with Gasteiger partial charge in [0.25, 0.3) is 5.91 Å². The number of aliphatic carboxylic acids is 1. The molecule has 1 heterocycles. The van der Waals surface area contributed by atoms with E-state index in [4.69, 9.17) is 9.84 Å². The molecular formula is C14H17NO4. The fraction of sp³-hybridized carbons (Fsp3) is 0.429. The zero-order valence-electron chi connectivity index (χ0n) is 10.8. The molecule has 19 heavy (non-hydrogen) atoms. The Labute approximate surface area is 111 Å². The Balaban J connectivity index is 1.91. The number of benzene rings is 1. The first-order valence-electron chi connectivity index (χ1n) is 6.32. The summed E-state index contributed by atoms with van der Waals surface area (Å²) in [5, 5.41) is 11.4. The highest BCUT2D eigenvalue weighted by Crippen LogP contribution is 2.25. The molecule has 1 amide bonds. The Morgan fingerprint density at radius 1 is 1.47 bits per heavy atom. The lowest BCUT2D eigenvalue weighted by Crippen LogP contribution is -2.29. The number of carbonyl (C=O) groups excluding carboxylic acids is 1. The van der Waals surface area contributed by atoms with Gasteiger partial charge in [-0.2, -0.15) is 0 Å². The molecule has 5 heteroatoms. The van der Waals surface area contributed by atoms with E-state index in [0.717, 1.165) is 17.7 Å². The zero-order chi connectivity index (χ0) is 13.8. The molecular weight excluding hydrogens is 246 g/mol. The molecule has 0 aliphatic carbocycles. The first-order chi connectivity index (χ1) is 9.06. The van der Waals surface area contributed by atoms with Crippen molar-refractivity contribution in [3.63, 3.8) is 0 Å². The lowest BCUT2D eigenvalue weighted by Gasteiger charge is -2.10. The monoisotopic (exact) mass is 263 g/mol. The fourth-order valence-corrected chi connectivity index (χ4v) is 2.07. The van der Waals surface area contributed by atoms with Gasteiger partial charge in [0, 0.05) is 24.9 Å². The second-order valence-corrected chi connectivity index (χ2v) is 4.83. The van der Waals surface area contributed by atoms with E-state index in [9.17, 15) is 9.59 Å². The molecule has 2 N–H and O–H groups in total. The third-order valence-electron chi connectivity index (χ3n) is 3.09. The van der Waals surface area contributed by atoms with Crippen molar-refractivity contribution >= 4 is 11.9 Å². The third kappa shape index (κ3) is 3.47. The Kier molecular flexibility index (Phi) is 4.04. The SMILES string of the molecule is C[C@H](CNC(=O)c1ccc2c(c1)CCO2)CC(=O)O. The van der Waals surface area contributed by atoms with Gasteiger partial charge in [0.05, 0.1) is 6.61 Å². The van der Waals surface area contributed by atoms with Crippen molar-refractivity contribution in [2.75, 3.05) is 13.2 Å². The molecule has 1 aliphatic heterocycles. The highest BCUT2D eigenvalue weighted by atomic mass is 16.5. The predicted octanol–water partition coefficient (Wildman–Crippen LogP) is 1.46. The largest absolute Gasteiger partial charge is 0.493 e. The molecule has 0 fully saturated rings. The van der Waals surface area contributed by atoms with Crippen molar-refractivity contribution in [3.8, 4) is 5.75 Å². The van der Waals surface area contributed by atoms with Crippen LogP contribution in [-0.4, -0.2) is 30.1 Å². The number of carboxylic acid groups (broad SMARTS) is 1. The van der Waals surface area contributed by atoms with Crippen LogP contribution in [0.5, 0.6) is 5.75 Å². The van der Waals surface area contributed by atoms with E-state index in [0.29, 0.717) is 18.7 Å². The Hall–Kier alpha value is -2.04. The van der Waals surface area contributed by atoms with Crippen LogP contribution < -0.4 is 10.1 Å². The summed E-state index contributed by atoms with van der Waals surface area (Å²) in [7, 11) is 0. The minimum Gasteiger partial charge on any atom is -0.493 e. The second-order valence-electron chi connectivity index (χ2n) is 4.83. The van der Waals surface area contributed by atoms with E-state index >= 15 is 0 Å². The molecule has 1 aromatic carbocycles. The minimum absolute atomic E-state index is 0.0539. The maximum atomic E-state index is 11.9. The smallest absolute Gasteiger partial charge is 0.303 e. The highest BCUT2D eigenvalue weighted by molar-refractivity contribution is 5.94. The average molecular weight is 263 g/mol. The van der Waals surface area contributed by atoms with E-state index in [1.165, 1.54) is 0 Å². The molecule has 0 saturated heterocycles. The molecule has 1 atom stereocenters. The number of hydrogen-bond donors (Lipinski definition) is 2. The molecule has 0 saturated carbocycles. The van der Waals surface area contributed by atoms with Gasteiger partial charge in [-0.15, -0.1) is 0 Å². The van der Waals surface area contributed by atoms with Gasteiger partial charge in [0.2, 0.25) is 0 Å². The minimum atomic E-state index is -0.851. The van der Waals surface area contributed by atoms with Crippen LogP contribution in [-0.2, 0) is 11.2 Å².